The normalized spacial score (nSPS) is 11.5. The molecule has 6 heteroatoms. The number of rotatable bonds is 10. The van der Waals surface area contributed by atoms with Crippen molar-refractivity contribution in [1.29, 1.82) is 0 Å². The Hall–Kier alpha value is -1.30. The van der Waals surface area contributed by atoms with Crippen LogP contribution >= 0.6 is 0 Å². The minimum atomic E-state index is -0.862. The standard InChI is InChI=1S/C15H31N3O3/c1-6-15(7-2,13(19)20)12-16-14(21)18(8-3)11-9-10-17(4)5/h6-12H2,1-5H3,(H,16,21)(H,19,20). The number of aliphatic carboxylic acids is 1. The SMILES string of the molecule is CCN(CCCN(C)C)C(=O)NCC(CC)(CC)C(=O)O. The van der Waals surface area contributed by atoms with Crippen molar-refractivity contribution in [3.63, 3.8) is 0 Å². The first-order chi connectivity index (χ1) is 9.82. The third-order valence-corrected chi connectivity index (χ3v) is 4.09. The lowest BCUT2D eigenvalue weighted by molar-refractivity contribution is -0.149. The van der Waals surface area contributed by atoms with Crippen molar-refractivity contribution in [2.24, 2.45) is 5.41 Å². The van der Waals surface area contributed by atoms with Gasteiger partial charge in [0.2, 0.25) is 0 Å². The van der Waals surface area contributed by atoms with Gasteiger partial charge in [0.15, 0.2) is 0 Å². The minimum Gasteiger partial charge on any atom is -0.481 e. The summed E-state index contributed by atoms with van der Waals surface area (Å²) in [5.41, 5.74) is -0.862. The van der Waals surface area contributed by atoms with Crippen LogP contribution in [-0.2, 0) is 4.79 Å². The summed E-state index contributed by atoms with van der Waals surface area (Å²) in [4.78, 5) is 27.4. The van der Waals surface area contributed by atoms with Gasteiger partial charge in [-0.3, -0.25) is 4.79 Å². The first-order valence-electron chi connectivity index (χ1n) is 7.73. The molecule has 0 aliphatic rings. The highest BCUT2D eigenvalue weighted by Crippen LogP contribution is 2.25. The van der Waals surface area contributed by atoms with Crippen molar-refractivity contribution in [2.45, 2.75) is 40.0 Å². The molecule has 0 unspecified atom stereocenters. The fourth-order valence-electron chi connectivity index (χ4n) is 2.22. The number of hydrogen-bond acceptors (Lipinski definition) is 3. The molecule has 0 radical (unpaired) electrons. The quantitative estimate of drug-likeness (QED) is 0.646. The Morgan fingerprint density at radius 2 is 1.67 bits per heavy atom. The summed E-state index contributed by atoms with van der Waals surface area (Å²) >= 11 is 0. The summed E-state index contributed by atoms with van der Waals surface area (Å²) in [7, 11) is 4.00. The number of amides is 2. The molecule has 0 fully saturated rings. The summed E-state index contributed by atoms with van der Waals surface area (Å²) < 4.78 is 0. The van der Waals surface area contributed by atoms with E-state index < -0.39 is 11.4 Å². The molecule has 0 spiro atoms. The molecule has 0 saturated carbocycles. The fraction of sp³-hybridized carbons (Fsp3) is 0.867. The largest absolute Gasteiger partial charge is 0.481 e. The maximum atomic E-state index is 12.2. The van der Waals surface area contributed by atoms with Crippen LogP contribution in [0.2, 0.25) is 0 Å². The van der Waals surface area contributed by atoms with E-state index in [2.05, 4.69) is 10.2 Å². The third kappa shape index (κ3) is 6.33. The van der Waals surface area contributed by atoms with Crippen LogP contribution in [0.15, 0.2) is 0 Å². The van der Waals surface area contributed by atoms with E-state index in [9.17, 15) is 14.7 Å². The average molecular weight is 301 g/mol. The van der Waals surface area contributed by atoms with Gasteiger partial charge in [-0.05, 0) is 46.8 Å². The lowest BCUT2D eigenvalue weighted by atomic mass is 9.82. The van der Waals surface area contributed by atoms with Crippen molar-refractivity contribution in [3.8, 4) is 0 Å². The van der Waals surface area contributed by atoms with Gasteiger partial charge in [-0.2, -0.15) is 0 Å². The minimum absolute atomic E-state index is 0.177. The molecular formula is C15H31N3O3. The Balaban J connectivity index is 4.46. The maximum Gasteiger partial charge on any atom is 0.317 e. The molecule has 0 bridgehead atoms. The van der Waals surface area contributed by atoms with Gasteiger partial charge in [0, 0.05) is 19.6 Å². The van der Waals surface area contributed by atoms with E-state index in [4.69, 9.17) is 0 Å². The van der Waals surface area contributed by atoms with Crippen LogP contribution in [-0.4, -0.2) is 67.2 Å². The molecule has 0 aromatic heterocycles. The summed E-state index contributed by atoms with van der Waals surface area (Å²) in [6.45, 7) is 8.03. The summed E-state index contributed by atoms with van der Waals surface area (Å²) in [5.74, 6) is -0.844. The predicted molar refractivity (Wildman–Crippen MR) is 84.5 cm³/mol. The van der Waals surface area contributed by atoms with Gasteiger partial charge >= 0.3 is 12.0 Å². The smallest absolute Gasteiger partial charge is 0.317 e. The van der Waals surface area contributed by atoms with Crippen molar-refractivity contribution >= 4 is 12.0 Å². The maximum absolute atomic E-state index is 12.2. The molecule has 0 aliphatic carbocycles. The molecule has 0 saturated heterocycles. The van der Waals surface area contributed by atoms with E-state index in [1.807, 2.05) is 34.9 Å². The zero-order valence-corrected chi connectivity index (χ0v) is 14.1. The van der Waals surface area contributed by atoms with Crippen LogP contribution < -0.4 is 5.32 Å². The number of carboxylic acid groups (broad SMARTS) is 1. The number of urea groups is 1. The van der Waals surface area contributed by atoms with Crippen LogP contribution in [0.3, 0.4) is 0 Å². The molecule has 2 N–H and O–H groups in total. The fourth-order valence-corrected chi connectivity index (χ4v) is 2.22. The van der Waals surface area contributed by atoms with Crippen molar-refractivity contribution in [1.82, 2.24) is 15.1 Å². The van der Waals surface area contributed by atoms with E-state index in [1.54, 1.807) is 4.90 Å². The Morgan fingerprint density at radius 3 is 2.05 bits per heavy atom. The summed E-state index contributed by atoms with van der Waals surface area (Å²) in [5, 5.41) is 12.2. The third-order valence-electron chi connectivity index (χ3n) is 4.09. The lowest BCUT2D eigenvalue weighted by Gasteiger charge is -2.29. The zero-order chi connectivity index (χ0) is 16.5. The van der Waals surface area contributed by atoms with E-state index in [0.717, 1.165) is 13.0 Å². The van der Waals surface area contributed by atoms with Crippen LogP contribution in [0, 0.1) is 5.41 Å². The van der Waals surface area contributed by atoms with Crippen molar-refractivity contribution in [2.75, 3.05) is 40.3 Å². The van der Waals surface area contributed by atoms with Gasteiger partial charge in [-0.15, -0.1) is 0 Å². The molecule has 0 heterocycles. The van der Waals surface area contributed by atoms with Crippen molar-refractivity contribution in [3.05, 3.63) is 0 Å². The number of carbonyl (C=O) groups is 2. The number of nitrogens with one attached hydrogen (secondary N) is 1. The van der Waals surface area contributed by atoms with Crippen LogP contribution in [0.4, 0.5) is 4.79 Å². The van der Waals surface area contributed by atoms with Gasteiger partial charge < -0.3 is 20.2 Å². The Bertz CT molecular complexity index is 328. The molecule has 6 nitrogen and oxygen atoms in total. The number of carbonyl (C=O) groups excluding carboxylic acids is 1. The molecule has 21 heavy (non-hydrogen) atoms. The van der Waals surface area contributed by atoms with Gasteiger partial charge in [0.1, 0.15) is 0 Å². The van der Waals surface area contributed by atoms with Crippen LogP contribution in [0.25, 0.3) is 0 Å². The molecule has 2 amide bonds. The van der Waals surface area contributed by atoms with E-state index >= 15 is 0 Å². The number of hydrogen-bond donors (Lipinski definition) is 2. The number of nitrogens with zero attached hydrogens (tertiary/aromatic N) is 2. The molecule has 0 aromatic rings. The van der Waals surface area contributed by atoms with E-state index in [1.165, 1.54) is 0 Å². The number of carboxylic acids is 1. The Labute approximate surface area is 128 Å². The predicted octanol–water partition coefficient (Wildman–Crippen LogP) is 1.86. The molecule has 0 atom stereocenters. The van der Waals surface area contributed by atoms with Gasteiger partial charge in [0.05, 0.1) is 5.41 Å². The monoisotopic (exact) mass is 301 g/mol. The average Bonchev–Trinajstić information content (AvgIpc) is 2.44. The highest BCUT2D eigenvalue weighted by atomic mass is 16.4. The Morgan fingerprint density at radius 1 is 1.10 bits per heavy atom. The van der Waals surface area contributed by atoms with Crippen LogP contribution in [0.1, 0.15) is 40.0 Å². The Kier molecular flexibility index (Phi) is 9.01. The van der Waals surface area contributed by atoms with Gasteiger partial charge in [0.25, 0.3) is 0 Å². The first kappa shape index (κ1) is 19.7. The van der Waals surface area contributed by atoms with Crippen molar-refractivity contribution < 1.29 is 14.7 Å². The second-order valence-electron chi connectivity index (χ2n) is 5.69. The first-order valence-corrected chi connectivity index (χ1v) is 7.73. The zero-order valence-electron chi connectivity index (χ0n) is 14.1. The molecule has 124 valence electrons. The molecule has 0 rings (SSSR count). The highest BCUT2D eigenvalue weighted by Gasteiger charge is 2.35. The van der Waals surface area contributed by atoms with Crippen LogP contribution in [0.5, 0.6) is 0 Å². The molecule has 0 aliphatic heterocycles. The topological polar surface area (TPSA) is 72.9 Å². The van der Waals surface area contributed by atoms with Gasteiger partial charge in [-0.25, -0.2) is 4.79 Å². The van der Waals surface area contributed by atoms with Gasteiger partial charge in [-0.1, -0.05) is 13.8 Å². The second-order valence-corrected chi connectivity index (χ2v) is 5.69. The second kappa shape index (κ2) is 9.60. The lowest BCUT2D eigenvalue weighted by Crippen LogP contribution is -2.47. The van der Waals surface area contributed by atoms with E-state index in [-0.39, 0.29) is 12.6 Å². The molecular weight excluding hydrogens is 270 g/mol. The summed E-state index contributed by atoms with van der Waals surface area (Å²) in [6, 6.07) is -0.177. The van der Waals surface area contributed by atoms with E-state index in [0.29, 0.717) is 25.9 Å². The summed E-state index contributed by atoms with van der Waals surface area (Å²) in [6.07, 6.45) is 1.91. The highest BCUT2D eigenvalue weighted by molar-refractivity contribution is 5.78. The molecule has 0 aromatic carbocycles.